The quantitative estimate of drug-likeness (QED) is 0.630. The summed E-state index contributed by atoms with van der Waals surface area (Å²) in [6.07, 6.45) is 5.39. The van der Waals surface area contributed by atoms with Crippen molar-refractivity contribution in [1.82, 2.24) is 15.1 Å². The highest BCUT2D eigenvalue weighted by Gasteiger charge is 2.00. The van der Waals surface area contributed by atoms with Crippen molar-refractivity contribution in [3.05, 3.63) is 18.5 Å². The Bertz CT molecular complexity index is 223. The molecule has 0 saturated heterocycles. The molecule has 0 saturated carbocycles. The highest BCUT2D eigenvalue weighted by molar-refractivity contribution is 4.77. The van der Waals surface area contributed by atoms with Crippen LogP contribution in [0.25, 0.3) is 0 Å². The van der Waals surface area contributed by atoms with Gasteiger partial charge in [0.1, 0.15) is 0 Å². The van der Waals surface area contributed by atoms with Gasteiger partial charge in [-0.25, -0.2) is 0 Å². The smallest absolute Gasteiger partial charge is 0.0664 e. The SMILES string of the molecule is CCCC(O)CNCCn1cccn1. The average molecular weight is 197 g/mol. The third kappa shape index (κ3) is 4.39. The van der Waals surface area contributed by atoms with E-state index in [0.717, 1.165) is 25.9 Å². The molecule has 0 bridgehead atoms. The third-order valence-corrected chi connectivity index (χ3v) is 2.08. The molecule has 0 aromatic carbocycles. The van der Waals surface area contributed by atoms with Gasteiger partial charge in [-0.2, -0.15) is 5.10 Å². The number of rotatable bonds is 7. The van der Waals surface area contributed by atoms with Crippen molar-refractivity contribution in [2.45, 2.75) is 32.4 Å². The van der Waals surface area contributed by atoms with Crippen molar-refractivity contribution < 1.29 is 5.11 Å². The van der Waals surface area contributed by atoms with Gasteiger partial charge in [0.05, 0.1) is 12.6 Å². The second-order valence-electron chi connectivity index (χ2n) is 3.42. The van der Waals surface area contributed by atoms with Gasteiger partial charge < -0.3 is 10.4 Å². The Morgan fingerprint density at radius 1 is 1.57 bits per heavy atom. The monoisotopic (exact) mass is 197 g/mol. The summed E-state index contributed by atoms with van der Waals surface area (Å²) in [4.78, 5) is 0. The fourth-order valence-corrected chi connectivity index (χ4v) is 1.33. The molecule has 14 heavy (non-hydrogen) atoms. The molecule has 1 unspecified atom stereocenters. The zero-order chi connectivity index (χ0) is 10.2. The molecule has 0 fully saturated rings. The van der Waals surface area contributed by atoms with E-state index in [4.69, 9.17) is 0 Å². The fourth-order valence-electron chi connectivity index (χ4n) is 1.33. The summed E-state index contributed by atoms with van der Waals surface area (Å²) in [6.45, 7) is 4.45. The first-order chi connectivity index (χ1) is 6.83. The van der Waals surface area contributed by atoms with E-state index >= 15 is 0 Å². The molecular weight excluding hydrogens is 178 g/mol. The number of aliphatic hydroxyl groups excluding tert-OH is 1. The lowest BCUT2D eigenvalue weighted by molar-refractivity contribution is 0.160. The van der Waals surface area contributed by atoms with Gasteiger partial charge in [-0.3, -0.25) is 4.68 Å². The van der Waals surface area contributed by atoms with E-state index in [9.17, 15) is 5.11 Å². The summed E-state index contributed by atoms with van der Waals surface area (Å²) in [5, 5.41) is 16.7. The first-order valence-electron chi connectivity index (χ1n) is 5.19. The molecule has 0 radical (unpaired) electrons. The Balaban J connectivity index is 1.99. The summed E-state index contributed by atoms with van der Waals surface area (Å²) in [6, 6.07) is 1.91. The van der Waals surface area contributed by atoms with Gasteiger partial charge in [-0.05, 0) is 12.5 Å². The van der Waals surface area contributed by atoms with Crippen LogP contribution in [0.5, 0.6) is 0 Å². The van der Waals surface area contributed by atoms with Crippen LogP contribution in [0.1, 0.15) is 19.8 Å². The van der Waals surface area contributed by atoms with E-state index in [1.165, 1.54) is 0 Å². The normalized spacial score (nSPS) is 13.0. The minimum atomic E-state index is -0.211. The van der Waals surface area contributed by atoms with Gasteiger partial charge in [0.25, 0.3) is 0 Å². The molecule has 0 aliphatic heterocycles. The molecule has 1 rings (SSSR count). The molecule has 0 amide bonds. The maximum absolute atomic E-state index is 9.42. The van der Waals surface area contributed by atoms with Crippen LogP contribution in [-0.2, 0) is 6.54 Å². The van der Waals surface area contributed by atoms with Gasteiger partial charge in [-0.15, -0.1) is 0 Å². The standard InChI is InChI=1S/C10H19N3O/c1-2-4-10(14)9-11-6-8-13-7-3-5-12-13/h3,5,7,10-11,14H,2,4,6,8-9H2,1H3. The van der Waals surface area contributed by atoms with E-state index in [2.05, 4.69) is 17.3 Å². The average Bonchev–Trinajstić information content (AvgIpc) is 2.65. The minimum absolute atomic E-state index is 0.211. The van der Waals surface area contributed by atoms with E-state index in [-0.39, 0.29) is 6.10 Å². The molecule has 1 aromatic rings. The Kier molecular flexibility index (Phi) is 5.25. The highest BCUT2D eigenvalue weighted by Crippen LogP contribution is 1.93. The minimum Gasteiger partial charge on any atom is -0.392 e. The summed E-state index contributed by atoms with van der Waals surface area (Å²) < 4.78 is 1.87. The molecule has 1 heterocycles. The maximum atomic E-state index is 9.42. The molecule has 4 nitrogen and oxygen atoms in total. The molecule has 1 atom stereocenters. The van der Waals surface area contributed by atoms with Crippen LogP contribution in [0.4, 0.5) is 0 Å². The highest BCUT2D eigenvalue weighted by atomic mass is 16.3. The Hall–Kier alpha value is -0.870. The molecule has 80 valence electrons. The van der Waals surface area contributed by atoms with Gasteiger partial charge in [-0.1, -0.05) is 13.3 Å². The first-order valence-corrected chi connectivity index (χ1v) is 5.19. The first kappa shape index (κ1) is 11.2. The summed E-state index contributed by atoms with van der Waals surface area (Å²) >= 11 is 0. The summed E-state index contributed by atoms with van der Waals surface area (Å²) in [5.74, 6) is 0. The fraction of sp³-hybridized carbons (Fsp3) is 0.700. The van der Waals surface area contributed by atoms with Crippen molar-refractivity contribution in [3.63, 3.8) is 0 Å². The lowest BCUT2D eigenvalue weighted by atomic mass is 10.2. The van der Waals surface area contributed by atoms with Crippen LogP contribution in [0.3, 0.4) is 0 Å². The van der Waals surface area contributed by atoms with Gasteiger partial charge >= 0.3 is 0 Å². The van der Waals surface area contributed by atoms with Crippen molar-refractivity contribution in [2.24, 2.45) is 0 Å². The molecule has 4 heteroatoms. The number of hydrogen-bond acceptors (Lipinski definition) is 3. The van der Waals surface area contributed by atoms with Gasteiger partial charge in [0, 0.05) is 25.5 Å². The zero-order valence-corrected chi connectivity index (χ0v) is 8.69. The second-order valence-corrected chi connectivity index (χ2v) is 3.42. The Morgan fingerprint density at radius 3 is 3.07 bits per heavy atom. The Labute approximate surface area is 84.9 Å². The summed E-state index contributed by atoms with van der Waals surface area (Å²) in [5.41, 5.74) is 0. The molecular formula is C10H19N3O. The number of nitrogens with one attached hydrogen (secondary N) is 1. The van der Waals surface area contributed by atoms with Crippen LogP contribution in [0, 0.1) is 0 Å². The van der Waals surface area contributed by atoms with E-state index in [0.29, 0.717) is 6.54 Å². The Morgan fingerprint density at radius 2 is 2.43 bits per heavy atom. The van der Waals surface area contributed by atoms with E-state index < -0.39 is 0 Å². The molecule has 2 N–H and O–H groups in total. The van der Waals surface area contributed by atoms with Crippen LogP contribution < -0.4 is 5.32 Å². The molecule has 0 aliphatic rings. The number of aliphatic hydroxyl groups is 1. The van der Waals surface area contributed by atoms with Crippen molar-refractivity contribution in [1.29, 1.82) is 0 Å². The van der Waals surface area contributed by atoms with Crippen LogP contribution in [-0.4, -0.2) is 34.1 Å². The maximum Gasteiger partial charge on any atom is 0.0664 e. The van der Waals surface area contributed by atoms with Gasteiger partial charge in [0.2, 0.25) is 0 Å². The molecule has 1 aromatic heterocycles. The molecule has 0 spiro atoms. The van der Waals surface area contributed by atoms with Crippen molar-refractivity contribution >= 4 is 0 Å². The third-order valence-electron chi connectivity index (χ3n) is 2.08. The van der Waals surface area contributed by atoms with E-state index in [1.54, 1.807) is 6.20 Å². The van der Waals surface area contributed by atoms with Crippen LogP contribution in [0.15, 0.2) is 18.5 Å². The molecule has 0 aliphatic carbocycles. The lowest BCUT2D eigenvalue weighted by Crippen LogP contribution is -2.29. The predicted octanol–water partition coefficient (Wildman–Crippen LogP) is 0.634. The summed E-state index contributed by atoms with van der Waals surface area (Å²) in [7, 11) is 0. The van der Waals surface area contributed by atoms with E-state index in [1.807, 2.05) is 16.9 Å². The lowest BCUT2D eigenvalue weighted by Gasteiger charge is -2.10. The van der Waals surface area contributed by atoms with Crippen LogP contribution >= 0.6 is 0 Å². The number of hydrogen-bond donors (Lipinski definition) is 2. The number of aromatic nitrogens is 2. The zero-order valence-electron chi connectivity index (χ0n) is 8.69. The topological polar surface area (TPSA) is 50.1 Å². The predicted molar refractivity (Wildman–Crippen MR) is 56.0 cm³/mol. The van der Waals surface area contributed by atoms with Crippen molar-refractivity contribution in [2.75, 3.05) is 13.1 Å². The van der Waals surface area contributed by atoms with Crippen molar-refractivity contribution in [3.8, 4) is 0 Å². The number of nitrogens with zero attached hydrogens (tertiary/aromatic N) is 2. The second kappa shape index (κ2) is 6.56. The largest absolute Gasteiger partial charge is 0.392 e. The van der Waals surface area contributed by atoms with Gasteiger partial charge in [0.15, 0.2) is 0 Å². The van der Waals surface area contributed by atoms with Crippen LogP contribution in [0.2, 0.25) is 0 Å².